The second-order valence-corrected chi connectivity index (χ2v) is 8.24. The number of morpholine rings is 1. The molecule has 0 bridgehead atoms. The molecule has 0 spiro atoms. The zero-order valence-corrected chi connectivity index (χ0v) is 15.8. The van der Waals surface area contributed by atoms with E-state index in [-0.39, 0.29) is 5.91 Å². The van der Waals surface area contributed by atoms with Crippen molar-refractivity contribution >= 4 is 5.91 Å². The lowest BCUT2D eigenvalue weighted by molar-refractivity contribution is 0.0119. The second kappa shape index (κ2) is 6.76. The van der Waals surface area contributed by atoms with Gasteiger partial charge in [0.1, 0.15) is 0 Å². The third kappa shape index (κ3) is 3.36. The normalized spacial score (nSPS) is 27.9. The summed E-state index contributed by atoms with van der Waals surface area (Å²) in [7, 11) is 0. The van der Waals surface area contributed by atoms with Gasteiger partial charge >= 0.3 is 0 Å². The maximum atomic E-state index is 13.2. The summed E-state index contributed by atoms with van der Waals surface area (Å²) in [4.78, 5) is 17.8. The Morgan fingerprint density at radius 2 is 1.92 bits per heavy atom. The third-order valence-corrected chi connectivity index (χ3v) is 6.32. The zero-order chi connectivity index (χ0) is 17.6. The van der Waals surface area contributed by atoms with Crippen molar-refractivity contribution in [1.29, 1.82) is 0 Å². The molecule has 0 radical (unpaired) electrons. The summed E-state index contributed by atoms with van der Waals surface area (Å²) in [5, 5.41) is 0. The molecule has 5 nitrogen and oxygen atoms in total. The Morgan fingerprint density at radius 1 is 1.20 bits per heavy atom. The molecule has 25 heavy (non-hydrogen) atoms. The van der Waals surface area contributed by atoms with Crippen LogP contribution in [-0.2, 0) is 11.3 Å². The second-order valence-electron chi connectivity index (χ2n) is 8.24. The summed E-state index contributed by atoms with van der Waals surface area (Å²) in [5.74, 6) is 1.57. The summed E-state index contributed by atoms with van der Waals surface area (Å²) < 4.78 is 7.83. The molecule has 1 saturated carbocycles. The lowest BCUT2D eigenvalue weighted by Crippen LogP contribution is -2.47. The van der Waals surface area contributed by atoms with Crippen LogP contribution in [0.2, 0.25) is 0 Å². The van der Waals surface area contributed by atoms with Crippen molar-refractivity contribution in [2.45, 2.75) is 46.2 Å². The van der Waals surface area contributed by atoms with Gasteiger partial charge in [-0.15, -0.1) is 0 Å². The van der Waals surface area contributed by atoms with Gasteiger partial charge in [-0.2, -0.15) is 0 Å². The van der Waals surface area contributed by atoms with Crippen LogP contribution in [0.4, 0.5) is 0 Å². The number of nitrogens with zero attached hydrogens (tertiary/aromatic N) is 3. The summed E-state index contributed by atoms with van der Waals surface area (Å²) in [6.45, 7) is 13.0. The van der Waals surface area contributed by atoms with Crippen molar-refractivity contribution in [1.82, 2.24) is 14.4 Å². The van der Waals surface area contributed by atoms with Gasteiger partial charge in [-0.1, -0.05) is 6.92 Å². The quantitative estimate of drug-likeness (QED) is 0.840. The van der Waals surface area contributed by atoms with E-state index >= 15 is 0 Å². The Labute approximate surface area is 150 Å². The first kappa shape index (κ1) is 17.1. The Bertz CT molecular complexity index is 644. The van der Waals surface area contributed by atoms with E-state index in [2.05, 4.69) is 41.2 Å². The predicted octanol–water partition coefficient (Wildman–Crippen LogP) is 2.31. The minimum atomic E-state index is 0.220. The lowest BCUT2D eigenvalue weighted by Gasteiger charge is -2.33. The standard InChI is InChI=1S/C20H31N3O2/c1-14-11-22(13-19(14)21-6-8-25-9-7-21)20(24)18-10-15(2)23(16(18)3)12-17-4-5-17/h10,14,17,19H,4-9,11-13H2,1-3H3/t14-,19-/m0/s1. The highest BCUT2D eigenvalue weighted by molar-refractivity contribution is 5.96. The Hall–Kier alpha value is -1.33. The summed E-state index contributed by atoms with van der Waals surface area (Å²) in [6.07, 6.45) is 2.68. The van der Waals surface area contributed by atoms with Crippen LogP contribution in [0, 0.1) is 25.7 Å². The minimum absolute atomic E-state index is 0.220. The van der Waals surface area contributed by atoms with Crippen LogP contribution in [0.5, 0.6) is 0 Å². The smallest absolute Gasteiger partial charge is 0.255 e. The molecule has 138 valence electrons. The molecule has 1 aromatic heterocycles. The predicted molar refractivity (Wildman–Crippen MR) is 97.9 cm³/mol. The molecule has 4 rings (SSSR count). The Kier molecular flexibility index (Phi) is 4.63. The van der Waals surface area contributed by atoms with Crippen LogP contribution >= 0.6 is 0 Å². The summed E-state index contributed by atoms with van der Waals surface area (Å²) in [6, 6.07) is 2.58. The molecule has 1 aliphatic carbocycles. The van der Waals surface area contributed by atoms with Crippen LogP contribution in [0.25, 0.3) is 0 Å². The molecule has 5 heteroatoms. The van der Waals surface area contributed by atoms with Crippen LogP contribution < -0.4 is 0 Å². The first-order valence-electron chi connectivity index (χ1n) is 9.82. The first-order valence-corrected chi connectivity index (χ1v) is 9.82. The number of rotatable bonds is 4. The van der Waals surface area contributed by atoms with Gasteiger partial charge in [0.25, 0.3) is 5.91 Å². The number of hydrogen-bond donors (Lipinski definition) is 0. The maximum absolute atomic E-state index is 13.2. The molecule has 1 aromatic rings. The largest absolute Gasteiger partial charge is 0.379 e. The molecule has 0 N–H and O–H groups in total. The number of amides is 1. The molecular weight excluding hydrogens is 314 g/mol. The molecule has 1 amide bonds. The van der Waals surface area contributed by atoms with Crippen LogP contribution in [-0.4, -0.2) is 65.7 Å². The molecule has 3 aliphatic rings. The number of likely N-dealkylation sites (tertiary alicyclic amines) is 1. The van der Waals surface area contributed by atoms with Gasteiger partial charge < -0.3 is 14.2 Å². The van der Waals surface area contributed by atoms with Gasteiger partial charge in [-0.05, 0) is 44.6 Å². The van der Waals surface area contributed by atoms with Gasteiger partial charge in [-0.25, -0.2) is 0 Å². The highest BCUT2D eigenvalue weighted by Crippen LogP contribution is 2.33. The molecule has 3 fully saturated rings. The van der Waals surface area contributed by atoms with Gasteiger partial charge in [0.15, 0.2) is 0 Å². The van der Waals surface area contributed by atoms with Gasteiger partial charge in [0.05, 0.1) is 18.8 Å². The van der Waals surface area contributed by atoms with E-state index in [1.54, 1.807) is 0 Å². The van der Waals surface area contributed by atoms with Gasteiger partial charge in [-0.3, -0.25) is 9.69 Å². The number of hydrogen-bond acceptors (Lipinski definition) is 3. The molecule has 0 unspecified atom stereocenters. The molecule has 2 aliphatic heterocycles. The molecule has 0 aromatic carbocycles. The van der Waals surface area contributed by atoms with E-state index in [4.69, 9.17) is 4.74 Å². The van der Waals surface area contributed by atoms with Crippen LogP contribution in [0.3, 0.4) is 0 Å². The summed E-state index contributed by atoms with van der Waals surface area (Å²) in [5.41, 5.74) is 3.29. The van der Waals surface area contributed by atoms with Crippen molar-refractivity contribution < 1.29 is 9.53 Å². The number of aryl methyl sites for hydroxylation is 1. The van der Waals surface area contributed by atoms with Gasteiger partial charge in [0.2, 0.25) is 0 Å². The Balaban J connectivity index is 1.47. The number of carbonyl (C=O) groups excluding carboxylic acids is 1. The average Bonchev–Trinajstić information content (AvgIpc) is 3.29. The molecule has 3 heterocycles. The Morgan fingerprint density at radius 3 is 2.60 bits per heavy atom. The van der Waals surface area contributed by atoms with Crippen LogP contribution in [0.15, 0.2) is 6.07 Å². The highest BCUT2D eigenvalue weighted by atomic mass is 16.5. The van der Waals surface area contributed by atoms with Gasteiger partial charge in [0, 0.05) is 50.2 Å². The monoisotopic (exact) mass is 345 g/mol. The fourth-order valence-corrected chi connectivity index (χ4v) is 4.53. The van der Waals surface area contributed by atoms with Crippen molar-refractivity contribution in [3.63, 3.8) is 0 Å². The van der Waals surface area contributed by atoms with Crippen molar-refractivity contribution in [2.24, 2.45) is 11.8 Å². The first-order chi connectivity index (χ1) is 12.0. The van der Waals surface area contributed by atoms with E-state index in [0.29, 0.717) is 12.0 Å². The van der Waals surface area contributed by atoms with E-state index in [1.165, 1.54) is 18.5 Å². The lowest BCUT2D eigenvalue weighted by atomic mass is 10.0. The molecule has 2 atom stereocenters. The van der Waals surface area contributed by atoms with E-state index in [1.807, 2.05) is 0 Å². The number of carbonyl (C=O) groups is 1. The molecule has 2 saturated heterocycles. The van der Waals surface area contributed by atoms with Crippen molar-refractivity contribution in [2.75, 3.05) is 39.4 Å². The summed E-state index contributed by atoms with van der Waals surface area (Å²) >= 11 is 0. The fraction of sp³-hybridized carbons (Fsp3) is 0.750. The number of ether oxygens (including phenoxy) is 1. The maximum Gasteiger partial charge on any atom is 0.255 e. The average molecular weight is 345 g/mol. The van der Waals surface area contributed by atoms with E-state index < -0.39 is 0 Å². The van der Waals surface area contributed by atoms with E-state index in [9.17, 15) is 4.79 Å². The van der Waals surface area contributed by atoms with E-state index in [0.717, 1.165) is 63.1 Å². The number of aromatic nitrogens is 1. The van der Waals surface area contributed by atoms with Crippen LogP contribution in [0.1, 0.15) is 41.5 Å². The highest BCUT2D eigenvalue weighted by Gasteiger charge is 2.37. The third-order valence-electron chi connectivity index (χ3n) is 6.32. The fourth-order valence-electron chi connectivity index (χ4n) is 4.53. The topological polar surface area (TPSA) is 37.7 Å². The minimum Gasteiger partial charge on any atom is -0.379 e. The van der Waals surface area contributed by atoms with Crippen molar-refractivity contribution in [3.05, 3.63) is 23.0 Å². The molecular formula is C20H31N3O2. The van der Waals surface area contributed by atoms with Crippen molar-refractivity contribution in [3.8, 4) is 0 Å². The zero-order valence-electron chi connectivity index (χ0n) is 15.8. The SMILES string of the molecule is Cc1cc(C(=O)N2C[C@H](C)[C@@H](N3CCOCC3)C2)c(C)n1CC1CC1.